The van der Waals surface area contributed by atoms with Crippen molar-refractivity contribution < 1.29 is 9.53 Å². The molecule has 25 heavy (non-hydrogen) atoms. The van der Waals surface area contributed by atoms with Gasteiger partial charge in [-0.25, -0.2) is 0 Å². The molecule has 7 heteroatoms. The lowest BCUT2D eigenvalue weighted by molar-refractivity contribution is -0.123. The van der Waals surface area contributed by atoms with E-state index >= 15 is 0 Å². The number of hydrogen-bond acceptors (Lipinski definition) is 4. The Labute approximate surface area is 163 Å². The summed E-state index contributed by atoms with van der Waals surface area (Å²) in [4.78, 5) is 14.5. The highest BCUT2D eigenvalue weighted by atomic mass is 35.5. The summed E-state index contributed by atoms with van der Waals surface area (Å²) in [6.45, 7) is 5.14. The number of ether oxygens (including phenoxy) is 1. The molecule has 1 aliphatic heterocycles. The molecule has 5 nitrogen and oxygen atoms in total. The topological polar surface area (TPSA) is 67.6 Å². The number of piperidine rings is 1. The number of carbonyl (C=O) groups is 1. The molecular weight excluding hydrogens is 361 g/mol. The molecular formula is C18H31Cl2N3O2. The number of likely N-dealkylation sites (tertiary alicyclic amines) is 1. The van der Waals surface area contributed by atoms with Gasteiger partial charge >= 0.3 is 0 Å². The first-order chi connectivity index (χ1) is 11.1. The number of amides is 1. The number of nitrogens with zero attached hydrogens (tertiary/aromatic N) is 1. The summed E-state index contributed by atoms with van der Waals surface area (Å²) >= 11 is 0. The third kappa shape index (κ3) is 7.50. The van der Waals surface area contributed by atoms with Crippen molar-refractivity contribution in [3.05, 3.63) is 35.4 Å². The summed E-state index contributed by atoms with van der Waals surface area (Å²) < 4.78 is 4.92. The molecule has 0 bridgehead atoms. The Morgan fingerprint density at radius 2 is 2.00 bits per heavy atom. The molecule has 1 aliphatic rings. The smallest absolute Gasteiger partial charge is 0.239 e. The molecule has 0 spiro atoms. The minimum absolute atomic E-state index is 0. The molecule has 1 aromatic rings. The van der Waals surface area contributed by atoms with Crippen LogP contribution in [0.5, 0.6) is 0 Å². The van der Waals surface area contributed by atoms with Crippen LogP contribution in [0.2, 0.25) is 0 Å². The lowest BCUT2D eigenvalue weighted by atomic mass is 10.0. The molecule has 0 aromatic heterocycles. The van der Waals surface area contributed by atoms with Gasteiger partial charge in [-0.15, -0.1) is 24.8 Å². The average Bonchev–Trinajstić information content (AvgIpc) is 2.56. The maximum atomic E-state index is 11.9. The van der Waals surface area contributed by atoms with Crippen molar-refractivity contribution in [2.24, 2.45) is 5.73 Å². The van der Waals surface area contributed by atoms with Crippen LogP contribution in [0.4, 0.5) is 0 Å². The molecule has 1 aromatic carbocycles. The summed E-state index contributed by atoms with van der Waals surface area (Å²) in [5.74, 6) is -0.173. The van der Waals surface area contributed by atoms with E-state index in [4.69, 9.17) is 10.5 Å². The summed E-state index contributed by atoms with van der Waals surface area (Å²) in [6.07, 6.45) is 3.87. The molecule has 144 valence electrons. The molecule has 2 unspecified atom stereocenters. The van der Waals surface area contributed by atoms with E-state index in [-0.39, 0.29) is 37.3 Å². The van der Waals surface area contributed by atoms with Gasteiger partial charge in [0.2, 0.25) is 5.91 Å². The first-order valence-electron chi connectivity index (χ1n) is 8.45. The largest absolute Gasteiger partial charge is 0.383 e. The number of hydrogen-bond donors (Lipinski definition) is 2. The van der Waals surface area contributed by atoms with Gasteiger partial charge in [0.15, 0.2) is 0 Å². The van der Waals surface area contributed by atoms with Gasteiger partial charge in [-0.3, -0.25) is 9.69 Å². The molecule has 1 amide bonds. The van der Waals surface area contributed by atoms with E-state index in [9.17, 15) is 4.79 Å². The number of halogens is 2. The van der Waals surface area contributed by atoms with Crippen LogP contribution in [0.1, 0.15) is 37.3 Å². The number of carbonyl (C=O) groups excluding carboxylic acids is 1. The Morgan fingerprint density at radius 3 is 2.64 bits per heavy atom. The average molecular weight is 392 g/mol. The quantitative estimate of drug-likeness (QED) is 0.748. The van der Waals surface area contributed by atoms with E-state index in [0.717, 1.165) is 18.7 Å². The van der Waals surface area contributed by atoms with Crippen molar-refractivity contribution in [3.8, 4) is 0 Å². The minimum Gasteiger partial charge on any atom is -0.383 e. The zero-order valence-corrected chi connectivity index (χ0v) is 16.7. The van der Waals surface area contributed by atoms with E-state index in [1.165, 1.54) is 24.8 Å². The highest BCUT2D eigenvalue weighted by Gasteiger charge is 2.19. The van der Waals surface area contributed by atoms with Gasteiger partial charge in [0.1, 0.15) is 6.04 Å². The lowest BCUT2D eigenvalue weighted by Crippen LogP contribution is -2.43. The molecule has 1 saturated heterocycles. The normalized spacial score (nSPS) is 18.6. The van der Waals surface area contributed by atoms with Crippen LogP contribution in [0, 0.1) is 0 Å². The van der Waals surface area contributed by atoms with E-state index in [2.05, 4.69) is 35.3 Å². The van der Waals surface area contributed by atoms with Gasteiger partial charge in [0.25, 0.3) is 0 Å². The van der Waals surface area contributed by atoms with Gasteiger partial charge in [-0.05, 0) is 37.4 Å². The van der Waals surface area contributed by atoms with Crippen LogP contribution >= 0.6 is 24.8 Å². The van der Waals surface area contributed by atoms with Gasteiger partial charge < -0.3 is 15.8 Å². The standard InChI is InChI=1S/C18H29N3O2.2ClH/c1-14-7-5-6-10-21(14)12-16-9-4-3-8-15(16)11-20-18(22)17(19)13-23-2;;/h3-4,8-9,14,17H,5-7,10-13,19H2,1-2H3,(H,20,22);2*1H. The number of benzene rings is 1. The van der Waals surface area contributed by atoms with Crippen molar-refractivity contribution in [2.75, 3.05) is 20.3 Å². The van der Waals surface area contributed by atoms with Crippen molar-refractivity contribution >= 4 is 30.7 Å². The second kappa shape index (κ2) is 12.5. The maximum absolute atomic E-state index is 11.9. The van der Waals surface area contributed by atoms with Crippen LogP contribution in [0.25, 0.3) is 0 Å². The highest BCUT2D eigenvalue weighted by Crippen LogP contribution is 2.20. The number of nitrogens with two attached hydrogens (primary N) is 1. The maximum Gasteiger partial charge on any atom is 0.239 e. The molecule has 1 fully saturated rings. The zero-order chi connectivity index (χ0) is 16.7. The van der Waals surface area contributed by atoms with Crippen LogP contribution < -0.4 is 11.1 Å². The Balaban J connectivity index is 0.00000288. The Hall–Kier alpha value is -0.850. The van der Waals surface area contributed by atoms with Gasteiger partial charge in [-0.2, -0.15) is 0 Å². The van der Waals surface area contributed by atoms with Crippen LogP contribution in [-0.4, -0.2) is 43.2 Å². The summed E-state index contributed by atoms with van der Waals surface area (Å²) in [5, 5.41) is 2.91. The molecule has 0 aliphatic carbocycles. The Kier molecular flexibility index (Phi) is 12.1. The monoisotopic (exact) mass is 391 g/mol. The number of rotatable bonds is 7. The first-order valence-corrected chi connectivity index (χ1v) is 8.45. The van der Waals surface area contributed by atoms with Crippen LogP contribution in [0.3, 0.4) is 0 Å². The van der Waals surface area contributed by atoms with Gasteiger partial charge in [0, 0.05) is 26.2 Å². The van der Waals surface area contributed by atoms with Gasteiger partial charge in [-0.1, -0.05) is 30.7 Å². The van der Waals surface area contributed by atoms with Crippen molar-refractivity contribution in [1.82, 2.24) is 10.2 Å². The number of nitrogens with one attached hydrogen (secondary N) is 1. The van der Waals surface area contributed by atoms with Crippen molar-refractivity contribution in [2.45, 2.75) is 51.4 Å². The Bertz CT molecular complexity index is 517. The summed E-state index contributed by atoms with van der Waals surface area (Å²) in [6, 6.07) is 8.31. The van der Waals surface area contributed by atoms with Crippen molar-refractivity contribution in [3.63, 3.8) is 0 Å². The highest BCUT2D eigenvalue weighted by molar-refractivity contribution is 5.85. The summed E-state index contributed by atoms with van der Waals surface area (Å²) in [7, 11) is 1.54. The van der Waals surface area contributed by atoms with Crippen LogP contribution in [0.15, 0.2) is 24.3 Å². The third-order valence-corrected chi connectivity index (χ3v) is 4.57. The van der Waals surface area contributed by atoms with Crippen molar-refractivity contribution in [1.29, 1.82) is 0 Å². The second-order valence-corrected chi connectivity index (χ2v) is 6.36. The number of methoxy groups -OCH3 is 1. The molecule has 2 atom stereocenters. The predicted octanol–water partition coefficient (Wildman–Crippen LogP) is 2.49. The third-order valence-electron chi connectivity index (χ3n) is 4.57. The SMILES string of the molecule is COCC(N)C(=O)NCc1ccccc1CN1CCCCC1C.Cl.Cl. The predicted molar refractivity (Wildman–Crippen MR) is 106 cm³/mol. The fourth-order valence-electron chi connectivity index (χ4n) is 3.06. The molecule has 0 saturated carbocycles. The fraction of sp³-hybridized carbons (Fsp3) is 0.611. The van der Waals surface area contributed by atoms with E-state index < -0.39 is 6.04 Å². The second-order valence-electron chi connectivity index (χ2n) is 6.36. The molecule has 2 rings (SSSR count). The van der Waals surface area contributed by atoms with Gasteiger partial charge in [0.05, 0.1) is 6.61 Å². The zero-order valence-electron chi connectivity index (χ0n) is 15.1. The van der Waals surface area contributed by atoms with E-state index in [0.29, 0.717) is 12.6 Å². The first kappa shape index (κ1) is 24.1. The molecule has 0 radical (unpaired) electrons. The molecule has 1 heterocycles. The van der Waals surface area contributed by atoms with E-state index in [1.807, 2.05) is 6.07 Å². The Morgan fingerprint density at radius 1 is 1.32 bits per heavy atom. The van der Waals surface area contributed by atoms with Crippen LogP contribution in [-0.2, 0) is 22.6 Å². The molecule has 3 N–H and O–H groups in total. The fourth-order valence-corrected chi connectivity index (χ4v) is 3.06. The lowest BCUT2D eigenvalue weighted by Gasteiger charge is -2.33. The minimum atomic E-state index is -0.616. The summed E-state index contributed by atoms with van der Waals surface area (Å²) in [5.41, 5.74) is 8.19. The van der Waals surface area contributed by atoms with E-state index in [1.54, 1.807) is 7.11 Å².